The number of azo groups is 1. The third-order valence-corrected chi connectivity index (χ3v) is 3.79. The lowest BCUT2D eigenvalue weighted by molar-refractivity contribution is -0.137. The quantitative estimate of drug-likeness (QED) is 0.521. The third-order valence-electron chi connectivity index (χ3n) is 3.79. The highest BCUT2D eigenvalue weighted by atomic mass is 19.4. The lowest BCUT2D eigenvalue weighted by atomic mass is 10.1. The van der Waals surface area contributed by atoms with Crippen LogP contribution in [-0.4, -0.2) is 9.38 Å². The Labute approximate surface area is 143 Å². The van der Waals surface area contributed by atoms with Gasteiger partial charge in [-0.25, -0.2) is 4.98 Å². The van der Waals surface area contributed by atoms with Crippen LogP contribution in [0.5, 0.6) is 0 Å². The smallest absolute Gasteiger partial charge is 0.282 e. The molecule has 0 aliphatic heterocycles. The molecule has 0 atom stereocenters. The van der Waals surface area contributed by atoms with E-state index in [1.54, 1.807) is 12.1 Å². The first-order valence-electron chi connectivity index (χ1n) is 7.83. The number of pyridine rings is 1. The minimum atomic E-state index is -4.43. The molecule has 0 unspecified atom stereocenters. The van der Waals surface area contributed by atoms with Gasteiger partial charge < -0.3 is 0 Å². The van der Waals surface area contributed by atoms with Gasteiger partial charge in [0.1, 0.15) is 5.65 Å². The molecule has 4 nitrogen and oxygen atoms in total. The second kappa shape index (κ2) is 6.31. The van der Waals surface area contributed by atoms with Crippen LogP contribution < -0.4 is 0 Å². The van der Waals surface area contributed by atoms with Crippen LogP contribution in [0.2, 0.25) is 0 Å². The highest BCUT2D eigenvalue weighted by Crippen LogP contribution is 2.33. The van der Waals surface area contributed by atoms with E-state index in [0.717, 1.165) is 17.8 Å². The fourth-order valence-corrected chi connectivity index (χ4v) is 2.42. The molecule has 0 aliphatic carbocycles. The van der Waals surface area contributed by atoms with Gasteiger partial charge in [-0.15, -0.1) is 10.2 Å². The average Bonchev–Trinajstić information content (AvgIpc) is 2.91. The van der Waals surface area contributed by atoms with Crippen molar-refractivity contribution in [1.82, 2.24) is 9.38 Å². The molecule has 130 valence electrons. The summed E-state index contributed by atoms with van der Waals surface area (Å²) in [6.45, 7) is 5.79. The van der Waals surface area contributed by atoms with Gasteiger partial charge in [0.15, 0.2) is 5.82 Å². The molecule has 0 saturated carbocycles. The van der Waals surface area contributed by atoms with Crippen molar-refractivity contribution in [1.29, 1.82) is 0 Å². The molecule has 7 heteroatoms. The lowest BCUT2D eigenvalue weighted by Crippen LogP contribution is -2.06. The Hall–Kier alpha value is -2.70. The lowest BCUT2D eigenvalue weighted by Gasteiger charge is -2.07. The third kappa shape index (κ3) is 3.55. The highest BCUT2D eigenvalue weighted by molar-refractivity contribution is 5.54. The summed E-state index contributed by atoms with van der Waals surface area (Å²) < 4.78 is 40.4. The number of rotatable bonds is 3. The molecule has 0 amide bonds. The van der Waals surface area contributed by atoms with Crippen LogP contribution >= 0.6 is 0 Å². The van der Waals surface area contributed by atoms with E-state index in [4.69, 9.17) is 0 Å². The van der Waals surface area contributed by atoms with Gasteiger partial charge in [-0.3, -0.25) is 4.40 Å². The average molecular weight is 346 g/mol. The first kappa shape index (κ1) is 17.1. The van der Waals surface area contributed by atoms with E-state index in [-0.39, 0.29) is 5.92 Å². The van der Waals surface area contributed by atoms with E-state index in [9.17, 15) is 13.2 Å². The summed E-state index contributed by atoms with van der Waals surface area (Å²) in [7, 11) is 0. The molecule has 3 aromatic rings. The number of alkyl halides is 3. The number of benzene rings is 1. The monoisotopic (exact) mass is 346 g/mol. The normalized spacial score (nSPS) is 12.6. The van der Waals surface area contributed by atoms with Crippen molar-refractivity contribution >= 4 is 17.2 Å². The first-order chi connectivity index (χ1) is 11.8. The Balaban J connectivity index is 2.13. The zero-order valence-electron chi connectivity index (χ0n) is 14.0. The van der Waals surface area contributed by atoms with Crippen molar-refractivity contribution in [2.24, 2.45) is 10.2 Å². The van der Waals surface area contributed by atoms with Gasteiger partial charge in [0.25, 0.3) is 0 Å². The van der Waals surface area contributed by atoms with Gasteiger partial charge in [-0.2, -0.15) is 13.2 Å². The predicted molar refractivity (Wildman–Crippen MR) is 89.6 cm³/mol. The number of nitrogens with zero attached hydrogens (tertiary/aromatic N) is 4. The van der Waals surface area contributed by atoms with Crippen molar-refractivity contribution in [3.63, 3.8) is 0 Å². The van der Waals surface area contributed by atoms with Crippen molar-refractivity contribution in [2.45, 2.75) is 32.9 Å². The SMILES string of the molecule is Cc1ccc(N=Nc2c(C(C)C)nc3ccc(C(F)(F)F)cn23)cc1. The maximum Gasteiger partial charge on any atom is 0.417 e. The Morgan fingerprint density at radius 1 is 1.00 bits per heavy atom. The van der Waals surface area contributed by atoms with Crippen molar-refractivity contribution in [3.05, 3.63) is 59.4 Å². The summed E-state index contributed by atoms with van der Waals surface area (Å²) >= 11 is 0. The van der Waals surface area contributed by atoms with Crippen molar-refractivity contribution in [3.8, 4) is 0 Å². The molecule has 3 rings (SSSR count). The van der Waals surface area contributed by atoms with Crippen molar-refractivity contribution in [2.75, 3.05) is 0 Å². The van der Waals surface area contributed by atoms with E-state index >= 15 is 0 Å². The molecule has 1 aromatic carbocycles. The van der Waals surface area contributed by atoms with Gasteiger partial charge in [0, 0.05) is 6.20 Å². The maximum absolute atomic E-state index is 13.0. The van der Waals surface area contributed by atoms with Crippen molar-refractivity contribution < 1.29 is 13.2 Å². The van der Waals surface area contributed by atoms with Crippen LogP contribution in [0.3, 0.4) is 0 Å². The van der Waals surface area contributed by atoms with E-state index in [0.29, 0.717) is 22.8 Å². The van der Waals surface area contributed by atoms with Gasteiger partial charge in [-0.1, -0.05) is 31.5 Å². The Kier molecular flexibility index (Phi) is 4.32. The zero-order chi connectivity index (χ0) is 18.2. The summed E-state index contributed by atoms with van der Waals surface area (Å²) in [4.78, 5) is 4.40. The van der Waals surface area contributed by atoms with E-state index < -0.39 is 11.7 Å². The van der Waals surface area contributed by atoms with Crippen LogP contribution in [0.15, 0.2) is 52.8 Å². The molecule has 0 N–H and O–H groups in total. The fourth-order valence-electron chi connectivity index (χ4n) is 2.42. The summed E-state index contributed by atoms with van der Waals surface area (Å²) in [6, 6.07) is 9.77. The van der Waals surface area contributed by atoms with Crippen LogP contribution in [0.25, 0.3) is 5.65 Å². The highest BCUT2D eigenvalue weighted by Gasteiger charge is 2.31. The van der Waals surface area contributed by atoms with Crippen LogP contribution in [0.1, 0.15) is 36.6 Å². The second-order valence-electron chi connectivity index (χ2n) is 6.15. The van der Waals surface area contributed by atoms with E-state index in [1.165, 1.54) is 10.5 Å². The number of halogens is 3. The van der Waals surface area contributed by atoms with Gasteiger partial charge >= 0.3 is 6.18 Å². The Morgan fingerprint density at radius 2 is 1.68 bits per heavy atom. The molecule has 0 saturated heterocycles. The summed E-state index contributed by atoms with van der Waals surface area (Å²) in [5.74, 6) is 0.317. The number of imidazole rings is 1. The minimum Gasteiger partial charge on any atom is -0.282 e. The number of fused-ring (bicyclic) bond motifs is 1. The molecular formula is C18H17F3N4. The standard InChI is InChI=1S/C18H17F3N4/c1-11(2)16-17(24-23-14-7-4-12(3)5-8-14)25-10-13(18(19,20)21)6-9-15(25)22-16/h4-11H,1-3H3. The molecule has 0 spiro atoms. The Bertz CT molecular complexity index is 922. The Morgan fingerprint density at radius 3 is 2.28 bits per heavy atom. The maximum atomic E-state index is 13.0. The number of aromatic nitrogens is 2. The molecule has 2 aromatic heterocycles. The predicted octanol–water partition coefficient (Wildman–Crippen LogP) is 6.20. The zero-order valence-corrected chi connectivity index (χ0v) is 14.0. The molecule has 0 radical (unpaired) electrons. The molecular weight excluding hydrogens is 329 g/mol. The molecule has 0 bridgehead atoms. The first-order valence-corrected chi connectivity index (χ1v) is 7.83. The summed E-state index contributed by atoms with van der Waals surface area (Å²) in [5, 5.41) is 8.35. The molecule has 25 heavy (non-hydrogen) atoms. The summed E-state index contributed by atoms with van der Waals surface area (Å²) in [5.41, 5.74) is 1.98. The summed E-state index contributed by atoms with van der Waals surface area (Å²) in [6.07, 6.45) is -3.42. The molecule has 2 heterocycles. The van der Waals surface area contributed by atoms with Gasteiger partial charge in [-0.05, 0) is 37.1 Å². The van der Waals surface area contributed by atoms with Gasteiger partial charge in [0.2, 0.25) is 0 Å². The fraction of sp³-hybridized carbons (Fsp3) is 0.278. The largest absolute Gasteiger partial charge is 0.417 e. The van der Waals surface area contributed by atoms with Crippen LogP contribution in [-0.2, 0) is 6.18 Å². The van der Waals surface area contributed by atoms with Crippen LogP contribution in [0, 0.1) is 6.92 Å². The number of hydrogen-bond acceptors (Lipinski definition) is 3. The number of aryl methyl sites for hydroxylation is 1. The van der Waals surface area contributed by atoms with E-state index in [2.05, 4.69) is 15.2 Å². The molecule has 0 fully saturated rings. The second-order valence-corrected chi connectivity index (χ2v) is 6.15. The molecule has 0 aliphatic rings. The number of hydrogen-bond donors (Lipinski definition) is 0. The van der Waals surface area contributed by atoms with Crippen LogP contribution in [0.4, 0.5) is 24.7 Å². The minimum absolute atomic E-state index is 0.00112. The van der Waals surface area contributed by atoms with Gasteiger partial charge in [0.05, 0.1) is 16.9 Å². The topological polar surface area (TPSA) is 42.0 Å². The van der Waals surface area contributed by atoms with E-state index in [1.807, 2.05) is 32.9 Å².